The fourth-order valence-electron chi connectivity index (χ4n) is 2.16. The van der Waals surface area contributed by atoms with Crippen LogP contribution in [-0.2, 0) is 4.74 Å². The molecule has 1 atom stereocenters. The minimum atomic E-state index is 0.598. The molecular formula is C12H23ClN2O. The first-order chi connectivity index (χ1) is 7.74. The van der Waals surface area contributed by atoms with Gasteiger partial charge >= 0.3 is 0 Å². The van der Waals surface area contributed by atoms with E-state index in [1.165, 1.54) is 19.3 Å². The van der Waals surface area contributed by atoms with Crippen LogP contribution in [0.25, 0.3) is 0 Å². The van der Waals surface area contributed by atoms with Crippen LogP contribution in [0.1, 0.15) is 19.3 Å². The zero-order valence-electron chi connectivity index (χ0n) is 10.2. The second-order valence-electron chi connectivity index (χ2n) is 4.33. The average molecular weight is 247 g/mol. The van der Waals surface area contributed by atoms with Crippen LogP contribution in [0.3, 0.4) is 0 Å². The third-order valence-electron chi connectivity index (χ3n) is 2.99. The van der Waals surface area contributed by atoms with Gasteiger partial charge < -0.3 is 10.1 Å². The highest BCUT2D eigenvalue weighted by Gasteiger charge is 2.21. The summed E-state index contributed by atoms with van der Waals surface area (Å²) in [5.74, 6) is 0. The number of hydrogen-bond acceptors (Lipinski definition) is 3. The van der Waals surface area contributed by atoms with Crippen molar-refractivity contribution in [2.45, 2.75) is 25.3 Å². The molecule has 0 aromatic heterocycles. The predicted molar refractivity (Wildman–Crippen MR) is 69.0 cm³/mol. The Morgan fingerprint density at radius 3 is 3.06 bits per heavy atom. The van der Waals surface area contributed by atoms with E-state index in [-0.39, 0.29) is 0 Å². The molecule has 1 fully saturated rings. The normalized spacial score (nSPS) is 22.2. The van der Waals surface area contributed by atoms with Gasteiger partial charge in [0.1, 0.15) is 0 Å². The minimum absolute atomic E-state index is 0.598. The summed E-state index contributed by atoms with van der Waals surface area (Å²) in [4.78, 5) is 2.43. The maximum Gasteiger partial charge on any atom is 0.0587 e. The second kappa shape index (κ2) is 8.07. The van der Waals surface area contributed by atoms with Gasteiger partial charge in [-0.25, -0.2) is 0 Å². The molecule has 1 N–H and O–H groups in total. The molecule has 1 unspecified atom stereocenters. The van der Waals surface area contributed by atoms with Gasteiger partial charge in [-0.05, 0) is 19.4 Å². The molecule has 0 aromatic carbocycles. The Labute approximate surface area is 104 Å². The van der Waals surface area contributed by atoms with Gasteiger partial charge in [0.2, 0.25) is 0 Å². The molecule has 4 heteroatoms. The van der Waals surface area contributed by atoms with Gasteiger partial charge in [0.05, 0.1) is 6.61 Å². The van der Waals surface area contributed by atoms with Gasteiger partial charge in [0, 0.05) is 37.8 Å². The SMILES string of the molecule is C=C(Cl)CN1CCCCC1CNCCOC. The lowest BCUT2D eigenvalue weighted by molar-refractivity contribution is 0.153. The van der Waals surface area contributed by atoms with Crippen molar-refractivity contribution in [2.75, 3.05) is 39.9 Å². The monoisotopic (exact) mass is 246 g/mol. The fourth-order valence-corrected chi connectivity index (χ4v) is 2.32. The van der Waals surface area contributed by atoms with Crippen LogP contribution in [0, 0.1) is 0 Å². The number of nitrogens with one attached hydrogen (secondary N) is 1. The van der Waals surface area contributed by atoms with Crippen molar-refractivity contribution in [2.24, 2.45) is 0 Å². The van der Waals surface area contributed by atoms with E-state index in [0.29, 0.717) is 6.04 Å². The molecule has 0 spiro atoms. The van der Waals surface area contributed by atoms with Crippen LogP contribution in [0.2, 0.25) is 0 Å². The number of ether oxygens (including phenoxy) is 1. The lowest BCUT2D eigenvalue weighted by Crippen LogP contribution is -2.46. The second-order valence-corrected chi connectivity index (χ2v) is 4.87. The maximum atomic E-state index is 5.88. The molecule has 0 saturated carbocycles. The summed E-state index contributed by atoms with van der Waals surface area (Å²) in [6.07, 6.45) is 3.85. The standard InChI is InChI=1S/C12H23ClN2O/c1-11(13)10-15-7-4-3-5-12(15)9-14-6-8-16-2/h12,14H,1,3-10H2,2H3. The number of halogens is 1. The lowest BCUT2D eigenvalue weighted by Gasteiger charge is -2.35. The molecule has 1 saturated heterocycles. The molecule has 1 heterocycles. The van der Waals surface area contributed by atoms with Crippen LogP contribution < -0.4 is 5.32 Å². The summed E-state index contributed by atoms with van der Waals surface area (Å²) >= 11 is 5.88. The van der Waals surface area contributed by atoms with Crippen LogP contribution >= 0.6 is 11.6 Å². The van der Waals surface area contributed by atoms with Crippen LogP contribution in [0.4, 0.5) is 0 Å². The minimum Gasteiger partial charge on any atom is -0.383 e. The number of likely N-dealkylation sites (tertiary alicyclic amines) is 1. The van der Waals surface area contributed by atoms with E-state index in [0.717, 1.165) is 37.8 Å². The quantitative estimate of drug-likeness (QED) is 0.694. The van der Waals surface area contributed by atoms with Crippen LogP contribution in [0.15, 0.2) is 11.6 Å². The molecule has 1 aliphatic rings. The van der Waals surface area contributed by atoms with Gasteiger partial charge in [-0.3, -0.25) is 4.90 Å². The first kappa shape index (κ1) is 14.0. The Morgan fingerprint density at radius 2 is 2.38 bits per heavy atom. The third kappa shape index (κ3) is 5.30. The molecule has 0 aromatic rings. The topological polar surface area (TPSA) is 24.5 Å². The lowest BCUT2D eigenvalue weighted by atomic mass is 10.0. The summed E-state index contributed by atoms with van der Waals surface area (Å²) < 4.78 is 5.01. The number of hydrogen-bond donors (Lipinski definition) is 1. The van der Waals surface area contributed by atoms with Crippen molar-refractivity contribution in [3.05, 3.63) is 11.6 Å². The molecule has 0 radical (unpaired) electrons. The van der Waals surface area contributed by atoms with E-state index in [2.05, 4.69) is 16.8 Å². The molecule has 0 aliphatic carbocycles. The maximum absolute atomic E-state index is 5.88. The highest BCUT2D eigenvalue weighted by Crippen LogP contribution is 2.18. The highest BCUT2D eigenvalue weighted by atomic mass is 35.5. The summed E-state index contributed by atoms with van der Waals surface area (Å²) in [5.41, 5.74) is 0. The molecule has 3 nitrogen and oxygen atoms in total. The van der Waals surface area contributed by atoms with E-state index in [1.54, 1.807) is 7.11 Å². The Hall–Kier alpha value is -0.0900. The van der Waals surface area contributed by atoms with E-state index in [4.69, 9.17) is 16.3 Å². The van der Waals surface area contributed by atoms with E-state index >= 15 is 0 Å². The molecule has 0 bridgehead atoms. The van der Waals surface area contributed by atoms with Crippen molar-refractivity contribution in [3.63, 3.8) is 0 Å². The van der Waals surface area contributed by atoms with Gasteiger partial charge in [-0.2, -0.15) is 0 Å². The van der Waals surface area contributed by atoms with Crippen molar-refractivity contribution in [3.8, 4) is 0 Å². The van der Waals surface area contributed by atoms with Crippen molar-refractivity contribution in [1.82, 2.24) is 10.2 Å². The Kier molecular flexibility index (Phi) is 7.05. The average Bonchev–Trinajstić information content (AvgIpc) is 2.26. The van der Waals surface area contributed by atoms with Crippen LogP contribution in [0.5, 0.6) is 0 Å². The predicted octanol–water partition coefficient (Wildman–Crippen LogP) is 1.83. The highest BCUT2D eigenvalue weighted by molar-refractivity contribution is 6.29. The molecule has 1 rings (SSSR count). The van der Waals surface area contributed by atoms with E-state index in [1.807, 2.05) is 0 Å². The fraction of sp³-hybridized carbons (Fsp3) is 0.833. The molecule has 16 heavy (non-hydrogen) atoms. The molecular weight excluding hydrogens is 224 g/mol. The summed E-state index contributed by atoms with van der Waals surface area (Å²) in [7, 11) is 1.73. The number of piperidine rings is 1. The molecule has 0 amide bonds. The number of methoxy groups -OCH3 is 1. The molecule has 94 valence electrons. The summed E-state index contributed by atoms with van der Waals surface area (Å²) in [6, 6.07) is 0.598. The Morgan fingerprint density at radius 1 is 1.56 bits per heavy atom. The summed E-state index contributed by atoms with van der Waals surface area (Å²) in [6.45, 7) is 8.45. The zero-order chi connectivity index (χ0) is 11.8. The van der Waals surface area contributed by atoms with Crippen molar-refractivity contribution >= 4 is 11.6 Å². The van der Waals surface area contributed by atoms with Gasteiger partial charge in [-0.15, -0.1) is 0 Å². The summed E-state index contributed by atoms with van der Waals surface area (Å²) in [5, 5.41) is 4.16. The van der Waals surface area contributed by atoms with Gasteiger partial charge in [-0.1, -0.05) is 24.6 Å². The first-order valence-electron chi connectivity index (χ1n) is 6.01. The third-order valence-corrected chi connectivity index (χ3v) is 3.11. The van der Waals surface area contributed by atoms with E-state index in [9.17, 15) is 0 Å². The van der Waals surface area contributed by atoms with Gasteiger partial charge in [0.25, 0.3) is 0 Å². The number of nitrogens with zero attached hydrogens (tertiary/aromatic N) is 1. The van der Waals surface area contributed by atoms with Crippen molar-refractivity contribution in [1.29, 1.82) is 0 Å². The van der Waals surface area contributed by atoms with Crippen LogP contribution in [-0.4, -0.2) is 50.8 Å². The Bertz CT molecular complexity index is 211. The van der Waals surface area contributed by atoms with Gasteiger partial charge in [0.15, 0.2) is 0 Å². The Balaban J connectivity index is 2.26. The van der Waals surface area contributed by atoms with Crippen molar-refractivity contribution < 1.29 is 4.74 Å². The largest absolute Gasteiger partial charge is 0.383 e. The zero-order valence-corrected chi connectivity index (χ0v) is 10.9. The smallest absolute Gasteiger partial charge is 0.0587 e. The van der Waals surface area contributed by atoms with E-state index < -0.39 is 0 Å². The molecule has 1 aliphatic heterocycles. The first-order valence-corrected chi connectivity index (χ1v) is 6.39. The number of rotatable bonds is 7.